The number of fused-ring (bicyclic) bond motifs is 1. The lowest BCUT2D eigenvalue weighted by atomic mass is 10.2. The summed E-state index contributed by atoms with van der Waals surface area (Å²) in [5.41, 5.74) is 0.850. The summed E-state index contributed by atoms with van der Waals surface area (Å²) < 4.78 is 12.1. The molecule has 0 saturated carbocycles. The topological polar surface area (TPSA) is 73.6 Å². The normalized spacial score (nSPS) is 12.4. The van der Waals surface area contributed by atoms with Crippen molar-refractivity contribution >= 4 is 16.9 Å². The van der Waals surface area contributed by atoms with Crippen molar-refractivity contribution in [2.24, 2.45) is 7.05 Å². The highest BCUT2D eigenvalue weighted by Gasteiger charge is 2.17. The summed E-state index contributed by atoms with van der Waals surface area (Å²) in [5, 5.41) is 13.7. The van der Waals surface area contributed by atoms with Gasteiger partial charge in [0.15, 0.2) is 6.10 Å². The minimum Gasteiger partial charge on any atom is -0.497 e. The van der Waals surface area contributed by atoms with Crippen LogP contribution in [-0.4, -0.2) is 34.1 Å². The van der Waals surface area contributed by atoms with E-state index in [1.54, 1.807) is 24.9 Å². The van der Waals surface area contributed by atoms with Crippen LogP contribution in [0, 0.1) is 0 Å². The van der Waals surface area contributed by atoms with Crippen molar-refractivity contribution < 1.29 is 19.4 Å². The lowest BCUT2D eigenvalue weighted by Gasteiger charge is -2.07. The number of hydrogen-bond acceptors (Lipinski definition) is 4. The van der Waals surface area contributed by atoms with Gasteiger partial charge in [0.2, 0.25) is 5.88 Å². The Bertz CT molecular complexity index is 591. The van der Waals surface area contributed by atoms with Gasteiger partial charge in [-0.25, -0.2) is 4.79 Å². The molecule has 0 aliphatic rings. The second kappa shape index (κ2) is 4.56. The van der Waals surface area contributed by atoms with Gasteiger partial charge in [-0.15, -0.1) is 5.10 Å². The number of hydrogen-bond donors (Lipinski definition) is 1. The zero-order chi connectivity index (χ0) is 13.3. The number of ether oxygens (including phenoxy) is 2. The molecule has 2 rings (SSSR count). The molecule has 1 heterocycles. The molecular weight excluding hydrogens is 236 g/mol. The zero-order valence-electron chi connectivity index (χ0n) is 10.4. The zero-order valence-corrected chi connectivity index (χ0v) is 10.4. The molecule has 0 saturated heterocycles. The lowest BCUT2D eigenvalue weighted by Crippen LogP contribution is -2.23. The molecule has 0 spiro atoms. The van der Waals surface area contributed by atoms with E-state index in [2.05, 4.69) is 5.10 Å². The van der Waals surface area contributed by atoms with Gasteiger partial charge in [-0.05, 0) is 25.1 Å². The third-order valence-electron chi connectivity index (χ3n) is 2.66. The van der Waals surface area contributed by atoms with Crippen molar-refractivity contribution in [1.29, 1.82) is 0 Å². The van der Waals surface area contributed by atoms with Crippen LogP contribution in [0.4, 0.5) is 0 Å². The van der Waals surface area contributed by atoms with Gasteiger partial charge < -0.3 is 14.6 Å². The fourth-order valence-electron chi connectivity index (χ4n) is 1.64. The first-order valence-corrected chi connectivity index (χ1v) is 5.43. The summed E-state index contributed by atoms with van der Waals surface area (Å²) in [7, 11) is 3.34. The van der Waals surface area contributed by atoms with Crippen LogP contribution in [0.3, 0.4) is 0 Å². The highest BCUT2D eigenvalue weighted by molar-refractivity contribution is 5.86. The number of methoxy groups -OCH3 is 1. The highest BCUT2D eigenvalue weighted by atomic mass is 16.5. The summed E-state index contributed by atoms with van der Waals surface area (Å²) in [6.45, 7) is 1.46. The Morgan fingerprint density at radius 2 is 2.22 bits per heavy atom. The molecule has 0 aliphatic carbocycles. The predicted molar refractivity (Wildman–Crippen MR) is 65.0 cm³/mol. The van der Waals surface area contributed by atoms with Crippen LogP contribution in [0.1, 0.15) is 6.92 Å². The van der Waals surface area contributed by atoms with Crippen LogP contribution >= 0.6 is 0 Å². The molecule has 0 bridgehead atoms. The van der Waals surface area contributed by atoms with Crippen LogP contribution in [-0.2, 0) is 11.8 Å². The van der Waals surface area contributed by atoms with Gasteiger partial charge in [-0.3, -0.25) is 4.68 Å². The summed E-state index contributed by atoms with van der Waals surface area (Å²) in [5.74, 6) is -0.0682. The Labute approximate surface area is 104 Å². The maximum Gasteiger partial charge on any atom is 0.344 e. The Morgan fingerprint density at radius 3 is 2.83 bits per heavy atom. The van der Waals surface area contributed by atoms with Crippen LogP contribution in [0.15, 0.2) is 18.2 Å². The first-order chi connectivity index (χ1) is 8.52. The molecule has 1 atom stereocenters. The molecule has 1 aromatic heterocycles. The summed E-state index contributed by atoms with van der Waals surface area (Å²) in [6, 6.07) is 5.43. The number of aromatic nitrogens is 2. The SMILES string of the molecule is COc1ccc2c(c1)c(O[C@@H](C)C(=O)O)nn2C. The third-order valence-corrected chi connectivity index (χ3v) is 2.66. The molecule has 0 amide bonds. The van der Waals surface area contributed by atoms with Gasteiger partial charge >= 0.3 is 5.97 Å². The minimum absolute atomic E-state index is 0.293. The van der Waals surface area contributed by atoms with Crippen LogP contribution in [0.2, 0.25) is 0 Å². The number of aryl methyl sites for hydroxylation is 1. The van der Waals surface area contributed by atoms with E-state index in [4.69, 9.17) is 14.6 Å². The van der Waals surface area contributed by atoms with Gasteiger partial charge in [-0.1, -0.05) is 0 Å². The van der Waals surface area contributed by atoms with Crippen molar-refractivity contribution in [3.05, 3.63) is 18.2 Å². The molecule has 2 aromatic rings. The van der Waals surface area contributed by atoms with E-state index >= 15 is 0 Å². The number of rotatable bonds is 4. The average molecular weight is 250 g/mol. The molecule has 1 N–H and O–H groups in total. The van der Waals surface area contributed by atoms with Gasteiger partial charge in [0.1, 0.15) is 5.75 Å². The first-order valence-electron chi connectivity index (χ1n) is 5.43. The minimum atomic E-state index is -1.03. The number of benzene rings is 1. The van der Waals surface area contributed by atoms with E-state index in [1.807, 2.05) is 12.1 Å². The van der Waals surface area contributed by atoms with E-state index in [-0.39, 0.29) is 0 Å². The van der Waals surface area contributed by atoms with Gasteiger partial charge in [0.25, 0.3) is 0 Å². The van der Waals surface area contributed by atoms with E-state index < -0.39 is 12.1 Å². The predicted octanol–water partition coefficient (Wildman–Crippen LogP) is 1.43. The lowest BCUT2D eigenvalue weighted by molar-refractivity contribution is -0.144. The Kier molecular flexibility index (Phi) is 3.10. The van der Waals surface area contributed by atoms with Crippen LogP contribution in [0.5, 0.6) is 11.6 Å². The van der Waals surface area contributed by atoms with Crippen molar-refractivity contribution in [2.45, 2.75) is 13.0 Å². The van der Waals surface area contributed by atoms with Gasteiger partial charge in [-0.2, -0.15) is 0 Å². The smallest absolute Gasteiger partial charge is 0.344 e. The Balaban J connectivity index is 2.46. The molecule has 0 unspecified atom stereocenters. The molecule has 1 aromatic carbocycles. The molecule has 18 heavy (non-hydrogen) atoms. The second-order valence-corrected chi connectivity index (χ2v) is 3.91. The molecule has 6 heteroatoms. The van der Waals surface area contributed by atoms with Crippen LogP contribution in [0.25, 0.3) is 10.9 Å². The standard InChI is InChI=1S/C12H14N2O4/c1-7(12(15)16)18-11-9-6-8(17-3)4-5-10(9)14(2)13-11/h4-7H,1-3H3,(H,15,16)/t7-/m0/s1. The molecule has 0 aliphatic heterocycles. The van der Waals surface area contributed by atoms with E-state index in [9.17, 15) is 4.79 Å². The van der Waals surface area contributed by atoms with Crippen molar-refractivity contribution in [3.63, 3.8) is 0 Å². The van der Waals surface area contributed by atoms with E-state index in [0.29, 0.717) is 11.6 Å². The largest absolute Gasteiger partial charge is 0.497 e. The van der Waals surface area contributed by atoms with Crippen LogP contribution < -0.4 is 9.47 Å². The summed E-state index contributed by atoms with van der Waals surface area (Å²) in [4.78, 5) is 10.8. The summed E-state index contributed by atoms with van der Waals surface area (Å²) in [6.07, 6.45) is -0.950. The molecule has 6 nitrogen and oxygen atoms in total. The third kappa shape index (κ3) is 2.09. The average Bonchev–Trinajstić information content (AvgIpc) is 2.65. The Hall–Kier alpha value is -2.24. The monoisotopic (exact) mass is 250 g/mol. The Morgan fingerprint density at radius 1 is 1.50 bits per heavy atom. The first kappa shape index (κ1) is 12.2. The van der Waals surface area contributed by atoms with Crippen molar-refractivity contribution in [1.82, 2.24) is 9.78 Å². The number of carboxylic acid groups (broad SMARTS) is 1. The van der Waals surface area contributed by atoms with E-state index in [1.165, 1.54) is 6.92 Å². The second-order valence-electron chi connectivity index (χ2n) is 3.91. The quantitative estimate of drug-likeness (QED) is 0.888. The number of carboxylic acids is 1. The molecule has 0 radical (unpaired) electrons. The summed E-state index contributed by atoms with van der Waals surface area (Å²) >= 11 is 0. The fourth-order valence-corrected chi connectivity index (χ4v) is 1.64. The van der Waals surface area contributed by atoms with Gasteiger partial charge in [0.05, 0.1) is 18.0 Å². The number of carbonyl (C=O) groups is 1. The molecule has 96 valence electrons. The fraction of sp³-hybridized carbons (Fsp3) is 0.333. The number of aliphatic carboxylic acids is 1. The van der Waals surface area contributed by atoms with Crippen molar-refractivity contribution in [2.75, 3.05) is 7.11 Å². The molecular formula is C12H14N2O4. The van der Waals surface area contributed by atoms with Crippen molar-refractivity contribution in [3.8, 4) is 11.6 Å². The maximum atomic E-state index is 10.8. The van der Waals surface area contributed by atoms with Gasteiger partial charge in [0, 0.05) is 7.05 Å². The number of nitrogens with zero attached hydrogens (tertiary/aromatic N) is 2. The highest BCUT2D eigenvalue weighted by Crippen LogP contribution is 2.28. The maximum absolute atomic E-state index is 10.8. The molecule has 0 fully saturated rings. The van der Waals surface area contributed by atoms with E-state index in [0.717, 1.165) is 10.9 Å².